The second-order valence-electron chi connectivity index (χ2n) is 7.29. The molecule has 0 spiro atoms. The first-order valence-electron chi connectivity index (χ1n) is 9.73. The summed E-state index contributed by atoms with van der Waals surface area (Å²) in [6.07, 6.45) is 0.423. The molecule has 1 amide bonds. The Labute approximate surface area is 170 Å². The van der Waals surface area contributed by atoms with E-state index >= 15 is 0 Å². The molecule has 0 atom stereocenters. The summed E-state index contributed by atoms with van der Waals surface area (Å²) in [7, 11) is 0. The van der Waals surface area contributed by atoms with E-state index in [4.69, 9.17) is 14.0 Å². The molecule has 29 heavy (non-hydrogen) atoms. The molecular weight excluding hydrogens is 368 g/mol. The zero-order chi connectivity index (χ0) is 20.4. The highest BCUT2D eigenvalue weighted by atomic mass is 16.7. The average Bonchev–Trinajstić information content (AvgIpc) is 3.36. The molecule has 0 bridgehead atoms. The third-order valence-corrected chi connectivity index (χ3v) is 5.02. The van der Waals surface area contributed by atoms with Crippen molar-refractivity contribution in [1.82, 2.24) is 10.1 Å². The van der Waals surface area contributed by atoms with Crippen LogP contribution in [0.15, 0.2) is 47.0 Å². The molecule has 1 aromatic heterocycles. The number of fused-ring (bicyclic) bond motifs is 1. The lowest BCUT2D eigenvalue weighted by molar-refractivity contribution is -0.132. The fourth-order valence-corrected chi connectivity index (χ4v) is 3.51. The maximum Gasteiger partial charge on any atom is 0.231 e. The number of rotatable bonds is 6. The summed E-state index contributed by atoms with van der Waals surface area (Å²) in [5.74, 6) is 2.21. The molecule has 1 aliphatic rings. The Kier molecular flexibility index (Phi) is 5.25. The molecule has 150 valence electrons. The van der Waals surface area contributed by atoms with Gasteiger partial charge in [-0.2, -0.15) is 0 Å². The summed E-state index contributed by atoms with van der Waals surface area (Å²) < 4.78 is 16.4. The van der Waals surface area contributed by atoms with Crippen LogP contribution < -0.4 is 9.47 Å². The molecule has 0 fully saturated rings. The van der Waals surface area contributed by atoms with Crippen LogP contribution in [0.1, 0.15) is 35.7 Å². The number of amides is 1. The standard InChI is InChI=1S/C23H24N2O4/c1-4-23(26)25(12-17-6-8-20-22(10-17)28-14-27-20)13-18-11-21(29-24-18)19-7-5-15(2)9-16(19)3/h5-11H,4,12-14H2,1-3H3. The normalized spacial score (nSPS) is 12.2. The van der Waals surface area contributed by atoms with Gasteiger partial charge in [0.1, 0.15) is 5.69 Å². The first kappa shape index (κ1) is 19.1. The van der Waals surface area contributed by atoms with E-state index in [0.717, 1.165) is 28.1 Å². The second kappa shape index (κ2) is 7.99. The highest BCUT2D eigenvalue weighted by Gasteiger charge is 2.19. The van der Waals surface area contributed by atoms with Gasteiger partial charge in [-0.1, -0.05) is 41.9 Å². The number of aromatic nitrogens is 1. The van der Waals surface area contributed by atoms with Gasteiger partial charge in [0.15, 0.2) is 17.3 Å². The summed E-state index contributed by atoms with van der Waals surface area (Å²) in [5, 5.41) is 4.20. The van der Waals surface area contributed by atoms with Crippen LogP contribution in [-0.2, 0) is 17.9 Å². The number of aryl methyl sites for hydroxylation is 2. The van der Waals surface area contributed by atoms with E-state index in [1.54, 1.807) is 4.90 Å². The van der Waals surface area contributed by atoms with Crippen molar-refractivity contribution in [2.45, 2.75) is 40.3 Å². The molecule has 0 saturated carbocycles. The van der Waals surface area contributed by atoms with Gasteiger partial charge < -0.3 is 18.9 Å². The van der Waals surface area contributed by atoms with Gasteiger partial charge in [-0.3, -0.25) is 4.79 Å². The number of hydrogen-bond donors (Lipinski definition) is 0. The van der Waals surface area contributed by atoms with Crippen LogP contribution in [-0.4, -0.2) is 22.8 Å². The molecule has 1 aliphatic heterocycles. The molecule has 0 aliphatic carbocycles. The van der Waals surface area contributed by atoms with Crippen LogP contribution in [0, 0.1) is 13.8 Å². The maximum atomic E-state index is 12.5. The Morgan fingerprint density at radius 2 is 1.86 bits per heavy atom. The Bertz CT molecular complexity index is 1040. The van der Waals surface area contributed by atoms with Gasteiger partial charge in [0.25, 0.3) is 0 Å². The van der Waals surface area contributed by atoms with Crippen molar-refractivity contribution in [1.29, 1.82) is 0 Å². The van der Waals surface area contributed by atoms with Crippen molar-refractivity contribution < 1.29 is 18.8 Å². The van der Waals surface area contributed by atoms with Crippen molar-refractivity contribution in [3.8, 4) is 22.8 Å². The Morgan fingerprint density at radius 3 is 2.66 bits per heavy atom. The molecule has 0 N–H and O–H groups in total. The van der Waals surface area contributed by atoms with E-state index in [9.17, 15) is 4.79 Å². The molecular formula is C23H24N2O4. The Morgan fingerprint density at radius 1 is 1.03 bits per heavy atom. The van der Waals surface area contributed by atoms with E-state index in [1.165, 1.54) is 5.56 Å². The van der Waals surface area contributed by atoms with Crippen LogP contribution in [0.5, 0.6) is 11.5 Å². The van der Waals surface area contributed by atoms with Gasteiger partial charge in [0.2, 0.25) is 12.7 Å². The van der Waals surface area contributed by atoms with Crippen LogP contribution in [0.2, 0.25) is 0 Å². The quantitative estimate of drug-likeness (QED) is 0.612. The number of nitrogens with zero attached hydrogens (tertiary/aromatic N) is 2. The third kappa shape index (κ3) is 4.11. The molecule has 6 heteroatoms. The molecule has 2 aromatic carbocycles. The van der Waals surface area contributed by atoms with Crippen LogP contribution >= 0.6 is 0 Å². The van der Waals surface area contributed by atoms with Gasteiger partial charge >= 0.3 is 0 Å². The van der Waals surface area contributed by atoms with Gasteiger partial charge in [-0.15, -0.1) is 0 Å². The van der Waals surface area contributed by atoms with Crippen LogP contribution in [0.25, 0.3) is 11.3 Å². The van der Waals surface area contributed by atoms with Crippen molar-refractivity contribution in [2.75, 3.05) is 6.79 Å². The van der Waals surface area contributed by atoms with E-state index in [0.29, 0.717) is 31.0 Å². The Hall–Kier alpha value is -3.28. The minimum atomic E-state index is 0.0544. The summed E-state index contributed by atoms with van der Waals surface area (Å²) in [6.45, 7) is 7.06. The minimum Gasteiger partial charge on any atom is -0.454 e. The summed E-state index contributed by atoms with van der Waals surface area (Å²) in [4.78, 5) is 14.3. The van der Waals surface area contributed by atoms with Crippen molar-refractivity contribution >= 4 is 5.91 Å². The highest BCUT2D eigenvalue weighted by Crippen LogP contribution is 2.33. The SMILES string of the molecule is CCC(=O)N(Cc1ccc2c(c1)OCO2)Cc1cc(-c2ccc(C)cc2C)on1. The fraction of sp³-hybridized carbons (Fsp3) is 0.304. The lowest BCUT2D eigenvalue weighted by Gasteiger charge is -2.21. The van der Waals surface area contributed by atoms with E-state index in [2.05, 4.69) is 31.1 Å². The number of ether oxygens (including phenoxy) is 2. The first-order chi connectivity index (χ1) is 14.0. The van der Waals surface area contributed by atoms with Gasteiger partial charge in [0.05, 0.1) is 6.54 Å². The molecule has 4 rings (SSSR count). The fourth-order valence-electron chi connectivity index (χ4n) is 3.51. The maximum absolute atomic E-state index is 12.5. The molecule has 2 heterocycles. The van der Waals surface area contributed by atoms with Crippen LogP contribution in [0.3, 0.4) is 0 Å². The molecule has 0 radical (unpaired) electrons. The average molecular weight is 392 g/mol. The number of carbonyl (C=O) groups excluding carboxylic acids is 1. The lowest BCUT2D eigenvalue weighted by Crippen LogP contribution is -2.29. The lowest BCUT2D eigenvalue weighted by atomic mass is 10.0. The summed E-state index contributed by atoms with van der Waals surface area (Å²) >= 11 is 0. The van der Waals surface area contributed by atoms with Crippen molar-refractivity contribution in [3.63, 3.8) is 0 Å². The minimum absolute atomic E-state index is 0.0544. The third-order valence-electron chi connectivity index (χ3n) is 5.02. The summed E-state index contributed by atoms with van der Waals surface area (Å²) in [6, 6.07) is 13.9. The molecule has 6 nitrogen and oxygen atoms in total. The zero-order valence-electron chi connectivity index (χ0n) is 16.9. The topological polar surface area (TPSA) is 64.8 Å². The van der Waals surface area contributed by atoms with Gasteiger partial charge in [-0.25, -0.2) is 0 Å². The first-order valence-corrected chi connectivity index (χ1v) is 9.73. The second-order valence-corrected chi connectivity index (χ2v) is 7.29. The highest BCUT2D eigenvalue weighted by molar-refractivity contribution is 5.76. The molecule has 3 aromatic rings. The number of benzene rings is 2. The van der Waals surface area contributed by atoms with E-state index in [-0.39, 0.29) is 12.7 Å². The molecule has 0 saturated heterocycles. The van der Waals surface area contributed by atoms with E-state index < -0.39 is 0 Å². The van der Waals surface area contributed by atoms with Crippen LogP contribution in [0.4, 0.5) is 0 Å². The predicted molar refractivity (Wildman–Crippen MR) is 109 cm³/mol. The zero-order valence-corrected chi connectivity index (χ0v) is 16.9. The Balaban J connectivity index is 1.53. The van der Waals surface area contributed by atoms with Crippen molar-refractivity contribution in [2.24, 2.45) is 0 Å². The monoisotopic (exact) mass is 392 g/mol. The van der Waals surface area contributed by atoms with E-state index in [1.807, 2.05) is 37.3 Å². The predicted octanol–water partition coefficient (Wildman–Crippen LogP) is 4.63. The van der Waals surface area contributed by atoms with Crippen molar-refractivity contribution in [3.05, 3.63) is 64.8 Å². The van der Waals surface area contributed by atoms with Gasteiger partial charge in [0, 0.05) is 24.6 Å². The summed E-state index contributed by atoms with van der Waals surface area (Å²) in [5.41, 5.74) is 5.05. The molecule has 0 unspecified atom stereocenters. The largest absolute Gasteiger partial charge is 0.454 e. The van der Waals surface area contributed by atoms with Gasteiger partial charge in [-0.05, 0) is 37.1 Å². The number of carbonyl (C=O) groups is 1. The smallest absolute Gasteiger partial charge is 0.231 e. The number of hydrogen-bond acceptors (Lipinski definition) is 5.